The van der Waals surface area contributed by atoms with E-state index in [0.717, 1.165) is 22.3 Å². The zero-order valence-corrected chi connectivity index (χ0v) is 16.4. The fraction of sp³-hybridized carbons (Fsp3) is 0.333. The van der Waals surface area contributed by atoms with Crippen LogP contribution in [0.4, 0.5) is 10.5 Å². The highest BCUT2D eigenvalue weighted by Gasteiger charge is 2.27. The SMILES string of the molecule is CNC(=O)N1N=C(c2ccc(N)c(C)c2)c2cc(CO)c(CO)cc2CC1C. The fourth-order valence-electron chi connectivity index (χ4n) is 3.49. The highest BCUT2D eigenvalue weighted by atomic mass is 16.3. The molecule has 0 aromatic heterocycles. The Bertz CT molecular complexity index is 939. The number of urea groups is 1. The maximum atomic E-state index is 12.4. The zero-order valence-electron chi connectivity index (χ0n) is 16.4. The molecular weight excluding hydrogens is 356 g/mol. The van der Waals surface area contributed by atoms with Crippen LogP contribution in [0.5, 0.6) is 0 Å². The quantitative estimate of drug-likeness (QED) is 0.608. The molecule has 0 saturated heterocycles. The molecule has 2 amide bonds. The van der Waals surface area contributed by atoms with Crippen LogP contribution in [0.1, 0.15) is 40.3 Å². The van der Waals surface area contributed by atoms with Gasteiger partial charge in [-0.25, -0.2) is 9.80 Å². The maximum Gasteiger partial charge on any atom is 0.337 e. The number of hydrogen-bond donors (Lipinski definition) is 4. The highest BCUT2D eigenvalue weighted by molar-refractivity contribution is 6.14. The molecule has 0 aliphatic carbocycles. The van der Waals surface area contributed by atoms with Gasteiger partial charge < -0.3 is 21.3 Å². The van der Waals surface area contributed by atoms with Crippen molar-refractivity contribution >= 4 is 17.4 Å². The van der Waals surface area contributed by atoms with Crippen LogP contribution in [0.3, 0.4) is 0 Å². The molecule has 1 aliphatic rings. The summed E-state index contributed by atoms with van der Waals surface area (Å²) in [5.41, 5.74) is 12.1. The predicted octanol–water partition coefficient (Wildman–Crippen LogP) is 1.90. The minimum atomic E-state index is -0.297. The van der Waals surface area contributed by atoms with Gasteiger partial charge in [-0.2, -0.15) is 5.10 Å². The number of aryl methyl sites for hydroxylation is 1. The van der Waals surface area contributed by atoms with Gasteiger partial charge >= 0.3 is 6.03 Å². The standard InChI is InChI=1S/C21H26N4O3/c1-12-6-14(4-5-19(12)22)20-18-9-17(11-27)16(10-26)8-15(18)7-13(2)25(24-20)21(28)23-3/h4-6,8-9,13,26-27H,7,10-11,22H2,1-3H3,(H,23,28). The van der Waals surface area contributed by atoms with Gasteiger partial charge in [0.05, 0.1) is 25.0 Å². The minimum absolute atomic E-state index is 0.163. The van der Waals surface area contributed by atoms with E-state index in [1.165, 1.54) is 5.01 Å². The van der Waals surface area contributed by atoms with Crippen LogP contribution >= 0.6 is 0 Å². The van der Waals surface area contributed by atoms with Crippen LogP contribution in [-0.4, -0.2) is 40.1 Å². The van der Waals surface area contributed by atoms with Gasteiger partial charge in [0, 0.05) is 23.9 Å². The summed E-state index contributed by atoms with van der Waals surface area (Å²) < 4.78 is 0. The number of fused-ring (bicyclic) bond motifs is 1. The molecule has 1 unspecified atom stereocenters. The second-order valence-electron chi connectivity index (χ2n) is 7.07. The van der Waals surface area contributed by atoms with E-state index in [0.29, 0.717) is 28.9 Å². The Morgan fingerprint density at radius 3 is 2.54 bits per heavy atom. The van der Waals surface area contributed by atoms with Crippen LogP contribution in [-0.2, 0) is 19.6 Å². The molecule has 2 aromatic rings. The van der Waals surface area contributed by atoms with Crippen molar-refractivity contribution in [1.29, 1.82) is 0 Å². The third kappa shape index (κ3) is 3.58. The Kier molecular flexibility index (Phi) is 5.67. The molecule has 0 saturated carbocycles. The summed E-state index contributed by atoms with van der Waals surface area (Å²) in [5.74, 6) is 0. The fourth-order valence-corrected chi connectivity index (χ4v) is 3.49. The van der Waals surface area contributed by atoms with Crippen LogP contribution in [0, 0.1) is 6.92 Å². The summed E-state index contributed by atoms with van der Waals surface area (Å²) in [6.45, 7) is 3.50. The van der Waals surface area contributed by atoms with Gasteiger partial charge in [0.25, 0.3) is 0 Å². The van der Waals surface area contributed by atoms with Gasteiger partial charge in [0.2, 0.25) is 0 Å². The van der Waals surface area contributed by atoms with Crippen molar-refractivity contribution < 1.29 is 15.0 Å². The molecule has 148 valence electrons. The van der Waals surface area contributed by atoms with E-state index in [-0.39, 0.29) is 25.3 Å². The van der Waals surface area contributed by atoms with Crippen molar-refractivity contribution in [3.05, 3.63) is 63.7 Å². The van der Waals surface area contributed by atoms with E-state index in [4.69, 9.17) is 10.8 Å². The number of nitrogens with zero attached hydrogens (tertiary/aromatic N) is 2. The number of aliphatic hydroxyl groups is 2. The molecule has 1 heterocycles. The molecule has 0 radical (unpaired) electrons. The number of carbonyl (C=O) groups is 1. The molecule has 1 aliphatic heterocycles. The van der Waals surface area contributed by atoms with Gasteiger partial charge in [-0.05, 0) is 60.7 Å². The molecule has 0 fully saturated rings. The largest absolute Gasteiger partial charge is 0.399 e. The Labute approximate surface area is 164 Å². The average Bonchev–Trinajstić information content (AvgIpc) is 2.84. The summed E-state index contributed by atoms with van der Waals surface area (Å²) >= 11 is 0. The number of amides is 2. The summed E-state index contributed by atoms with van der Waals surface area (Å²) in [6.07, 6.45) is 0.572. The van der Waals surface area contributed by atoms with Gasteiger partial charge in [0.15, 0.2) is 0 Å². The van der Waals surface area contributed by atoms with Crippen molar-refractivity contribution in [2.24, 2.45) is 5.10 Å². The number of nitrogen functional groups attached to an aromatic ring is 1. The minimum Gasteiger partial charge on any atom is -0.399 e. The van der Waals surface area contributed by atoms with E-state index in [9.17, 15) is 15.0 Å². The molecule has 0 bridgehead atoms. The first kappa shape index (κ1) is 19.9. The van der Waals surface area contributed by atoms with E-state index in [1.807, 2.05) is 44.2 Å². The lowest BCUT2D eigenvalue weighted by Gasteiger charge is -2.22. The van der Waals surface area contributed by atoms with Gasteiger partial charge in [-0.15, -0.1) is 0 Å². The van der Waals surface area contributed by atoms with Crippen LogP contribution in [0.15, 0.2) is 35.4 Å². The molecule has 3 rings (SSSR count). The second kappa shape index (κ2) is 8.00. The summed E-state index contributed by atoms with van der Waals surface area (Å²) in [4.78, 5) is 12.4. The third-order valence-electron chi connectivity index (χ3n) is 5.13. The maximum absolute atomic E-state index is 12.4. The summed E-state index contributed by atoms with van der Waals surface area (Å²) in [5, 5.41) is 28.2. The van der Waals surface area contributed by atoms with Crippen LogP contribution in [0.2, 0.25) is 0 Å². The Morgan fingerprint density at radius 1 is 1.25 bits per heavy atom. The molecule has 0 spiro atoms. The van der Waals surface area contributed by atoms with Crippen molar-refractivity contribution in [2.75, 3.05) is 12.8 Å². The molecule has 28 heavy (non-hydrogen) atoms. The number of benzene rings is 2. The third-order valence-corrected chi connectivity index (χ3v) is 5.13. The number of nitrogens with two attached hydrogens (primary N) is 1. The number of hydrazone groups is 1. The zero-order chi connectivity index (χ0) is 20.4. The molecule has 7 heteroatoms. The second-order valence-corrected chi connectivity index (χ2v) is 7.07. The first-order valence-corrected chi connectivity index (χ1v) is 9.22. The smallest absolute Gasteiger partial charge is 0.337 e. The Balaban J connectivity index is 2.27. The lowest BCUT2D eigenvalue weighted by molar-refractivity contribution is 0.184. The number of anilines is 1. The van der Waals surface area contributed by atoms with Crippen molar-refractivity contribution in [2.45, 2.75) is 39.5 Å². The molecule has 5 N–H and O–H groups in total. The molecule has 1 atom stereocenters. The lowest BCUT2D eigenvalue weighted by Crippen LogP contribution is -2.41. The van der Waals surface area contributed by atoms with Gasteiger partial charge in [-0.3, -0.25) is 0 Å². The highest BCUT2D eigenvalue weighted by Crippen LogP contribution is 2.28. The van der Waals surface area contributed by atoms with Crippen LogP contribution < -0.4 is 11.1 Å². The molecule has 7 nitrogen and oxygen atoms in total. The average molecular weight is 382 g/mol. The Hall–Kier alpha value is -2.90. The summed E-state index contributed by atoms with van der Waals surface area (Å²) in [7, 11) is 1.57. The number of aliphatic hydroxyl groups excluding tert-OH is 2. The number of rotatable bonds is 3. The van der Waals surface area contributed by atoms with Gasteiger partial charge in [-0.1, -0.05) is 12.1 Å². The van der Waals surface area contributed by atoms with Crippen LogP contribution in [0.25, 0.3) is 0 Å². The molecule has 2 aromatic carbocycles. The van der Waals surface area contributed by atoms with E-state index >= 15 is 0 Å². The van der Waals surface area contributed by atoms with E-state index in [2.05, 4.69) is 5.32 Å². The van der Waals surface area contributed by atoms with E-state index < -0.39 is 0 Å². The first-order valence-electron chi connectivity index (χ1n) is 9.22. The lowest BCUT2D eigenvalue weighted by atomic mass is 9.90. The first-order chi connectivity index (χ1) is 13.4. The van der Waals surface area contributed by atoms with Crippen molar-refractivity contribution in [3.8, 4) is 0 Å². The normalized spacial score (nSPS) is 16.2. The number of hydrogen-bond acceptors (Lipinski definition) is 5. The number of nitrogens with one attached hydrogen (secondary N) is 1. The number of carbonyl (C=O) groups excluding carboxylic acids is 1. The topological polar surface area (TPSA) is 111 Å². The summed E-state index contributed by atoms with van der Waals surface area (Å²) in [6, 6.07) is 8.90. The van der Waals surface area contributed by atoms with Gasteiger partial charge in [0.1, 0.15) is 0 Å². The molecular formula is C21H26N4O3. The van der Waals surface area contributed by atoms with E-state index in [1.54, 1.807) is 7.05 Å². The Morgan fingerprint density at radius 2 is 1.93 bits per heavy atom. The van der Waals surface area contributed by atoms with Crippen molar-refractivity contribution in [3.63, 3.8) is 0 Å². The van der Waals surface area contributed by atoms with Crippen molar-refractivity contribution in [1.82, 2.24) is 10.3 Å². The monoisotopic (exact) mass is 382 g/mol. The predicted molar refractivity (Wildman–Crippen MR) is 109 cm³/mol.